The van der Waals surface area contributed by atoms with Gasteiger partial charge in [0.2, 0.25) is 0 Å². The average Bonchev–Trinajstić information content (AvgIpc) is 2.81. The van der Waals surface area contributed by atoms with Crippen LogP contribution < -0.4 is 0 Å². The van der Waals surface area contributed by atoms with E-state index in [1.54, 1.807) is 0 Å². The van der Waals surface area contributed by atoms with Gasteiger partial charge in [-0.3, -0.25) is 4.79 Å². The Balaban J connectivity index is 1.70. The number of hydrogen-bond acceptors (Lipinski definition) is 3. The molecule has 2 N–H and O–H groups in total. The van der Waals surface area contributed by atoms with E-state index >= 15 is 0 Å². The minimum atomic E-state index is -1.57. The third-order valence-corrected chi connectivity index (χ3v) is 8.47. The monoisotopic (exact) mass is 332 g/mol. The maximum atomic E-state index is 11.8. The van der Waals surface area contributed by atoms with Gasteiger partial charge in [-0.2, -0.15) is 0 Å². The largest absolute Gasteiger partial charge is 0.479 e. The number of carboxylic acids is 1. The van der Waals surface area contributed by atoms with Gasteiger partial charge in [-0.25, -0.2) is 4.79 Å². The topological polar surface area (TPSA) is 74.6 Å². The lowest BCUT2D eigenvalue weighted by molar-refractivity contribution is -0.181. The van der Waals surface area contributed by atoms with Gasteiger partial charge in [0, 0.05) is 11.8 Å². The highest BCUT2D eigenvalue weighted by atomic mass is 16.4. The van der Waals surface area contributed by atoms with Crippen molar-refractivity contribution < 1.29 is 19.8 Å². The number of carbonyl (C=O) groups excluding carboxylic acids is 1. The quantitative estimate of drug-likeness (QED) is 0.772. The zero-order chi connectivity index (χ0) is 17.3. The van der Waals surface area contributed by atoms with Crippen molar-refractivity contribution in [2.45, 2.75) is 70.8 Å². The summed E-state index contributed by atoms with van der Waals surface area (Å²) in [6.45, 7) is 4.33. The van der Waals surface area contributed by atoms with Crippen LogP contribution in [0.2, 0.25) is 0 Å². The first-order valence-corrected chi connectivity index (χ1v) is 9.42. The molecule has 0 amide bonds. The number of rotatable bonds is 1. The lowest BCUT2D eigenvalue weighted by atomic mass is 9.46. The van der Waals surface area contributed by atoms with Gasteiger partial charge >= 0.3 is 5.97 Å². The normalized spacial score (nSPS) is 50.5. The lowest BCUT2D eigenvalue weighted by Gasteiger charge is -2.58. The Labute approximate surface area is 143 Å². The van der Waals surface area contributed by atoms with Crippen molar-refractivity contribution in [3.8, 4) is 0 Å². The zero-order valence-electron chi connectivity index (χ0n) is 14.7. The van der Waals surface area contributed by atoms with Gasteiger partial charge in [-0.15, -0.1) is 0 Å². The third-order valence-electron chi connectivity index (χ3n) is 8.47. The Morgan fingerprint density at radius 1 is 1.08 bits per heavy atom. The van der Waals surface area contributed by atoms with Crippen LogP contribution in [0.5, 0.6) is 0 Å². The summed E-state index contributed by atoms with van der Waals surface area (Å²) in [5, 5.41) is 20.5. The summed E-state index contributed by atoms with van der Waals surface area (Å²) in [7, 11) is 0. The SMILES string of the molecule is C[C@]12CCC(=O)C=C1CC[C@@H]1[C@@H]2CC[C@@]2(C)[C@H]1CC[C@@]2(O)C(=O)O. The van der Waals surface area contributed by atoms with Gasteiger partial charge in [0.1, 0.15) is 0 Å². The molecule has 3 saturated carbocycles. The second kappa shape index (κ2) is 4.94. The molecule has 4 rings (SSSR count). The summed E-state index contributed by atoms with van der Waals surface area (Å²) in [4.78, 5) is 23.6. The Hall–Kier alpha value is -1.16. The number of fused-ring (bicyclic) bond motifs is 5. The molecule has 132 valence electrons. The summed E-state index contributed by atoms with van der Waals surface area (Å²) in [5.41, 5.74) is -0.651. The summed E-state index contributed by atoms with van der Waals surface area (Å²) >= 11 is 0. The molecule has 4 heteroatoms. The van der Waals surface area contributed by atoms with Crippen LogP contribution in [0, 0.1) is 28.6 Å². The highest BCUT2D eigenvalue weighted by molar-refractivity contribution is 5.91. The van der Waals surface area contributed by atoms with Crippen molar-refractivity contribution in [3.63, 3.8) is 0 Å². The Morgan fingerprint density at radius 3 is 2.50 bits per heavy atom. The Bertz CT molecular complexity index is 638. The van der Waals surface area contributed by atoms with Crippen LogP contribution >= 0.6 is 0 Å². The van der Waals surface area contributed by atoms with Crippen molar-refractivity contribution in [3.05, 3.63) is 11.6 Å². The first kappa shape index (κ1) is 16.3. The highest BCUT2D eigenvalue weighted by Crippen LogP contribution is 2.67. The molecule has 0 unspecified atom stereocenters. The Morgan fingerprint density at radius 2 is 1.79 bits per heavy atom. The Kier molecular flexibility index (Phi) is 3.36. The van der Waals surface area contributed by atoms with E-state index in [4.69, 9.17) is 0 Å². The average molecular weight is 332 g/mol. The maximum Gasteiger partial charge on any atom is 0.336 e. The van der Waals surface area contributed by atoms with Crippen LogP contribution in [-0.4, -0.2) is 27.6 Å². The van der Waals surface area contributed by atoms with Crippen LogP contribution in [0.1, 0.15) is 65.2 Å². The van der Waals surface area contributed by atoms with Gasteiger partial charge in [0.15, 0.2) is 11.4 Å². The molecule has 0 aromatic carbocycles. The van der Waals surface area contributed by atoms with Crippen LogP contribution in [0.15, 0.2) is 11.6 Å². The summed E-state index contributed by atoms with van der Waals surface area (Å²) in [5.74, 6) is 0.514. The van der Waals surface area contributed by atoms with Crippen LogP contribution in [-0.2, 0) is 9.59 Å². The third kappa shape index (κ3) is 1.84. The summed E-state index contributed by atoms with van der Waals surface area (Å²) < 4.78 is 0. The van der Waals surface area contributed by atoms with Crippen molar-refractivity contribution in [2.24, 2.45) is 28.6 Å². The van der Waals surface area contributed by atoms with Gasteiger partial charge < -0.3 is 10.2 Å². The molecule has 0 bridgehead atoms. The van der Waals surface area contributed by atoms with Crippen molar-refractivity contribution in [1.29, 1.82) is 0 Å². The van der Waals surface area contributed by atoms with E-state index in [0.29, 0.717) is 24.7 Å². The first-order valence-electron chi connectivity index (χ1n) is 9.42. The number of ketones is 1. The van der Waals surface area contributed by atoms with Gasteiger partial charge in [0.25, 0.3) is 0 Å². The predicted octanol–water partition coefficient (Wildman–Crippen LogP) is 3.33. The fourth-order valence-corrected chi connectivity index (χ4v) is 6.93. The molecule has 6 atom stereocenters. The minimum absolute atomic E-state index is 0.0993. The van der Waals surface area contributed by atoms with E-state index in [1.807, 2.05) is 13.0 Å². The highest BCUT2D eigenvalue weighted by Gasteiger charge is 2.66. The van der Waals surface area contributed by atoms with E-state index in [9.17, 15) is 19.8 Å². The molecule has 0 spiro atoms. The second-order valence-electron chi connectivity index (χ2n) is 9.13. The van der Waals surface area contributed by atoms with Crippen LogP contribution in [0.3, 0.4) is 0 Å². The number of allylic oxidation sites excluding steroid dienone is 1. The molecule has 0 radical (unpaired) electrons. The van der Waals surface area contributed by atoms with Gasteiger partial charge in [-0.1, -0.05) is 19.4 Å². The number of aliphatic hydroxyl groups is 1. The van der Waals surface area contributed by atoms with Crippen LogP contribution in [0.25, 0.3) is 0 Å². The lowest BCUT2D eigenvalue weighted by Crippen LogP contribution is -2.57. The fraction of sp³-hybridized carbons (Fsp3) is 0.800. The molecule has 4 aliphatic carbocycles. The molecule has 4 aliphatic rings. The number of carbonyl (C=O) groups is 2. The summed E-state index contributed by atoms with van der Waals surface area (Å²) in [6.07, 6.45) is 8.41. The van der Waals surface area contributed by atoms with E-state index < -0.39 is 17.0 Å². The molecule has 0 aliphatic heterocycles. The standard InChI is InChI=1S/C20H28O4/c1-18-8-5-13(21)11-12(18)3-4-14-15(18)6-9-19(2)16(14)7-10-20(19,24)17(22)23/h11,14-16,24H,3-10H2,1-2H3,(H,22,23)/t14-,15+,16+,18+,19+,20-/m1/s1. The molecule has 3 fully saturated rings. The van der Waals surface area contributed by atoms with Gasteiger partial charge in [0.05, 0.1) is 0 Å². The number of aliphatic carboxylic acids is 1. The molecule has 0 saturated heterocycles. The molecule has 0 aromatic heterocycles. The number of carboxylic acid groups (broad SMARTS) is 1. The molecular formula is C20H28O4. The van der Waals surface area contributed by atoms with Crippen molar-refractivity contribution >= 4 is 11.8 Å². The maximum absolute atomic E-state index is 11.8. The van der Waals surface area contributed by atoms with E-state index in [0.717, 1.165) is 38.5 Å². The van der Waals surface area contributed by atoms with Crippen molar-refractivity contribution in [2.75, 3.05) is 0 Å². The first-order chi connectivity index (χ1) is 11.2. The van der Waals surface area contributed by atoms with E-state index in [-0.39, 0.29) is 17.1 Å². The van der Waals surface area contributed by atoms with E-state index in [2.05, 4.69) is 6.92 Å². The zero-order valence-corrected chi connectivity index (χ0v) is 14.7. The molecule has 0 aromatic rings. The second-order valence-corrected chi connectivity index (χ2v) is 9.13. The van der Waals surface area contributed by atoms with E-state index in [1.165, 1.54) is 5.57 Å². The van der Waals surface area contributed by atoms with Gasteiger partial charge in [-0.05, 0) is 74.2 Å². The molecular weight excluding hydrogens is 304 g/mol. The molecule has 0 heterocycles. The molecule has 4 nitrogen and oxygen atoms in total. The van der Waals surface area contributed by atoms with Crippen molar-refractivity contribution in [1.82, 2.24) is 0 Å². The molecule has 24 heavy (non-hydrogen) atoms. The van der Waals surface area contributed by atoms with Crippen LogP contribution in [0.4, 0.5) is 0 Å². The predicted molar refractivity (Wildman–Crippen MR) is 89.3 cm³/mol. The summed E-state index contributed by atoms with van der Waals surface area (Å²) in [6, 6.07) is 0. The minimum Gasteiger partial charge on any atom is -0.479 e. The smallest absolute Gasteiger partial charge is 0.336 e. The fourth-order valence-electron chi connectivity index (χ4n) is 6.93. The number of hydrogen-bond donors (Lipinski definition) is 2.